The Morgan fingerprint density at radius 2 is 2.18 bits per heavy atom. The summed E-state index contributed by atoms with van der Waals surface area (Å²) < 4.78 is 3.73. The van der Waals surface area contributed by atoms with Gasteiger partial charge >= 0.3 is 0 Å². The van der Waals surface area contributed by atoms with E-state index in [-0.39, 0.29) is 5.91 Å². The molecule has 4 nitrogen and oxygen atoms in total. The van der Waals surface area contributed by atoms with Gasteiger partial charge in [0.1, 0.15) is 4.88 Å². The standard InChI is InChI=1S/C11H10ClN3OS/c1-6-4-3-5-8(12)9(6)13-11(16)10-7(2)14-15-17-10/h3-5H,1-2H3,(H,13,16). The minimum Gasteiger partial charge on any atom is -0.320 e. The second-order valence-corrected chi connectivity index (χ2v) is 4.73. The molecule has 0 aliphatic rings. The lowest BCUT2D eigenvalue weighted by molar-refractivity contribution is 0.102. The van der Waals surface area contributed by atoms with Crippen molar-refractivity contribution < 1.29 is 4.79 Å². The minimum absolute atomic E-state index is 0.228. The Labute approximate surface area is 108 Å². The Morgan fingerprint density at radius 1 is 1.41 bits per heavy atom. The van der Waals surface area contributed by atoms with Gasteiger partial charge in [-0.25, -0.2) is 0 Å². The maximum atomic E-state index is 12.0. The number of aromatic nitrogens is 2. The zero-order valence-electron chi connectivity index (χ0n) is 9.32. The SMILES string of the molecule is Cc1cccc(Cl)c1NC(=O)c1snnc1C. The first-order chi connectivity index (χ1) is 8.09. The van der Waals surface area contributed by atoms with Crippen molar-refractivity contribution in [2.75, 3.05) is 5.32 Å². The van der Waals surface area contributed by atoms with Crippen LogP contribution in [0.4, 0.5) is 5.69 Å². The second kappa shape index (κ2) is 4.81. The van der Waals surface area contributed by atoms with Gasteiger partial charge in [-0.05, 0) is 37.0 Å². The highest BCUT2D eigenvalue weighted by Crippen LogP contribution is 2.26. The van der Waals surface area contributed by atoms with Gasteiger partial charge in [0, 0.05) is 0 Å². The molecule has 0 aliphatic carbocycles. The van der Waals surface area contributed by atoms with Crippen LogP contribution in [-0.2, 0) is 0 Å². The maximum absolute atomic E-state index is 12.0. The molecule has 2 aromatic rings. The van der Waals surface area contributed by atoms with Crippen LogP contribution >= 0.6 is 23.1 Å². The van der Waals surface area contributed by atoms with Gasteiger partial charge in [-0.3, -0.25) is 4.79 Å². The molecule has 0 unspecified atom stereocenters. The average molecular weight is 268 g/mol. The number of nitrogens with zero attached hydrogens (tertiary/aromatic N) is 2. The highest BCUT2D eigenvalue weighted by molar-refractivity contribution is 7.08. The van der Waals surface area contributed by atoms with Crippen molar-refractivity contribution in [1.29, 1.82) is 0 Å². The molecular weight excluding hydrogens is 258 g/mol. The molecule has 88 valence electrons. The molecule has 6 heteroatoms. The van der Waals surface area contributed by atoms with E-state index >= 15 is 0 Å². The molecule has 0 atom stereocenters. The molecule has 0 fully saturated rings. The van der Waals surface area contributed by atoms with Gasteiger partial charge < -0.3 is 5.32 Å². The summed E-state index contributed by atoms with van der Waals surface area (Å²) in [5.41, 5.74) is 2.17. The van der Waals surface area contributed by atoms with Gasteiger partial charge in [0.05, 0.1) is 16.4 Å². The van der Waals surface area contributed by atoms with E-state index in [1.54, 1.807) is 13.0 Å². The molecule has 0 radical (unpaired) electrons. The van der Waals surface area contributed by atoms with Crippen LogP contribution in [0.25, 0.3) is 0 Å². The average Bonchev–Trinajstić information content (AvgIpc) is 2.70. The lowest BCUT2D eigenvalue weighted by atomic mass is 10.2. The van der Waals surface area contributed by atoms with Crippen LogP contribution in [0.5, 0.6) is 0 Å². The van der Waals surface area contributed by atoms with E-state index in [1.165, 1.54) is 0 Å². The lowest BCUT2D eigenvalue weighted by Crippen LogP contribution is -2.12. The Morgan fingerprint density at radius 3 is 2.76 bits per heavy atom. The fraction of sp³-hybridized carbons (Fsp3) is 0.182. The number of nitrogens with one attached hydrogen (secondary N) is 1. The molecule has 0 aliphatic heterocycles. The van der Waals surface area contributed by atoms with Crippen LogP contribution in [-0.4, -0.2) is 15.5 Å². The van der Waals surface area contributed by atoms with E-state index in [4.69, 9.17) is 11.6 Å². The predicted octanol–water partition coefficient (Wildman–Crippen LogP) is 3.06. The summed E-state index contributed by atoms with van der Waals surface area (Å²) in [5, 5.41) is 7.10. The molecular formula is C11H10ClN3OS. The maximum Gasteiger partial charge on any atom is 0.269 e. The third-order valence-corrected chi connectivity index (χ3v) is 3.46. The van der Waals surface area contributed by atoms with Crippen molar-refractivity contribution in [3.63, 3.8) is 0 Å². The number of aryl methyl sites for hydroxylation is 2. The summed E-state index contributed by atoms with van der Waals surface area (Å²) in [7, 11) is 0. The van der Waals surface area contributed by atoms with Gasteiger partial charge in [-0.15, -0.1) is 5.10 Å². The summed E-state index contributed by atoms with van der Waals surface area (Å²) in [4.78, 5) is 12.5. The largest absolute Gasteiger partial charge is 0.320 e. The van der Waals surface area contributed by atoms with Crippen LogP contribution in [0, 0.1) is 13.8 Å². The Kier molecular flexibility index (Phi) is 3.40. The lowest BCUT2D eigenvalue weighted by Gasteiger charge is -2.09. The Balaban J connectivity index is 2.28. The van der Waals surface area contributed by atoms with Crippen LogP contribution in [0.3, 0.4) is 0 Å². The van der Waals surface area contributed by atoms with E-state index in [0.29, 0.717) is 21.3 Å². The van der Waals surface area contributed by atoms with Crippen LogP contribution in [0.2, 0.25) is 5.02 Å². The molecule has 1 N–H and O–H groups in total. The Bertz CT molecular complexity index is 547. The van der Waals surface area contributed by atoms with Crippen LogP contribution < -0.4 is 5.32 Å². The predicted molar refractivity (Wildman–Crippen MR) is 68.8 cm³/mol. The topological polar surface area (TPSA) is 54.9 Å². The third kappa shape index (κ3) is 2.45. The molecule has 1 amide bonds. The minimum atomic E-state index is -0.228. The number of carbonyl (C=O) groups excluding carboxylic acids is 1. The van der Waals surface area contributed by atoms with Crippen LogP contribution in [0.1, 0.15) is 20.9 Å². The van der Waals surface area contributed by atoms with Gasteiger partial charge in [-0.2, -0.15) is 0 Å². The number of halogens is 1. The molecule has 2 rings (SSSR count). The third-order valence-electron chi connectivity index (χ3n) is 2.32. The second-order valence-electron chi connectivity index (χ2n) is 3.57. The zero-order chi connectivity index (χ0) is 12.4. The molecule has 1 aromatic carbocycles. The van der Waals surface area contributed by atoms with Gasteiger partial charge in [-0.1, -0.05) is 28.2 Å². The summed E-state index contributed by atoms with van der Waals surface area (Å²) in [6.45, 7) is 3.64. The molecule has 0 bridgehead atoms. The fourth-order valence-electron chi connectivity index (χ4n) is 1.40. The number of hydrogen-bond donors (Lipinski definition) is 1. The van der Waals surface area contributed by atoms with Crippen molar-refractivity contribution in [2.45, 2.75) is 13.8 Å². The Hall–Kier alpha value is -1.46. The van der Waals surface area contributed by atoms with E-state index in [9.17, 15) is 4.79 Å². The van der Waals surface area contributed by atoms with Crippen molar-refractivity contribution in [3.05, 3.63) is 39.4 Å². The highest BCUT2D eigenvalue weighted by Gasteiger charge is 2.15. The van der Waals surface area contributed by atoms with Crippen LogP contribution in [0.15, 0.2) is 18.2 Å². The van der Waals surface area contributed by atoms with Crippen molar-refractivity contribution in [2.24, 2.45) is 0 Å². The number of para-hydroxylation sites is 1. The first-order valence-corrected chi connectivity index (χ1v) is 6.10. The van der Waals surface area contributed by atoms with Crippen molar-refractivity contribution in [1.82, 2.24) is 9.59 Å². The quantitative estimate of drug-likeness (QED) is 0.910. The summed E-state index contributed by atoms with van der Waals surface area (Å²) in [5.74, 6) is -0.228. The number of anilines is 1. The van der Waals surface area contributed by atoms with E-state index in [0.717, 1.165) is 17.1 Å². The van der Waals surface area contributed by atoms with Gasteiger partial charge in [0.25, 0.3) is 5.91 Å². The van der Waals surface area contributed by atoms with Gasteiger partial charge in [0.15, 0.2) is 0 Å². The smallest absolute Gasteiger partial charge is 0.269 e. The summed E-state index contributed by atoms with van der Waals surface area (Å²) in [6, 6.07) is 5.47. The van der Waals surface area contributed by atoms with Gasteiger partial charge in [0.2, 0.25) is 0 Å². The number of benzene rings is 1. The molecule has 0 saturated heterocycles. The first-order valence-electron chi connectivity index (χ1n) is 4.95. The molecule has 17 heavy (non-hydrogen) atoms. The number of hydrogen-bond acceptors (Lipinski definition) is 4. The fourth-order valence-corrected chi connectivity index (χ4v) is 2.22. The highest BCUT2D eigenvalue weighted by atomic mass is 35.5. The normalized spacial score (nSPS) is 10.3. The number of rotatable bonds is 2. The number of amides is 1. The monoisotopic (exact) mass is 267 g/mol. The zero-order valence-corrected chi connectivity index (χ0v) is 10.9. The van der Waals surface area contributed by atoms with E-state index < -0.39 is 0 Å². The van der Waals surface area contributed by atoms with Crippen molar-refractivity contribution >= 4 is 34.7 Å². The molecule has 0 spiro atoms. The first kappa shape index (κ1) is 12.0. The molecule has 0 saturated carbocycles. The summed E-state index contributed by atoms with van der Waals surface area (Å²) in [6.07, 6.45) is 0. The van der Waals surface area contributed by atoms with E-state index in [2.05, 4.69) is 14.9 Å². The van der Waals surface area contributed by atoms with Crippen molar-refractivity contribution in [3.8, 4) is 0 Å². The molecule has 1 heterocycles. The number of carbonyl (C=O) groups is 1. The van der Waals surface area contributed by atoms with E-state index in [1.807, 2.05) is 19.1 Å². The summed E-state index contributed by atoms with van der Waals surface area (Å²) >= 11 is 7.10. The molecule has 1 aromatic heterocycles.